The molecule has 1 unspecified atom stereocenters. The van der Waals surface area contributed by atoms with E-state index >= 15 is 0 Å². The van der Waals surface area contributed by atoms with Crippen LogP contribution < -0.4 is 0 Å². The van der Waals surface area contributed by atoms with E-state index in [1.165, 1.54) is 12.1 Å². The molecule has 3 aromatic rings. The summed E-state index contributed by atoms with van der Waals surface area (Å²) in [5.74, 6) is 0.905. The van der Waals surface area contributed by atoms with Crippen LogP contribution in [0.25, 0.3) is 11.5 Å². The fourth-order valence-electron chi connectivity index (χ4n) is 3.33. The van der Waals surface area contributed by atoms with Crippen molar-refractivity contribution in [3.63, 3.8) is 0 Å². The normalized spacial score (nSPS) is 15.8. The highest BCUT2D eigenvalue weighted by Crippen LogP contribution is 2.37. The summed E-state index contributed by atoms with van der Waals surface area (Å²) in [5, 5.41) is 8.24. The Morgan fingerprint density at radius 3 is 2.50 bits per heavy atom. The molecule has 28 heavy (non-hydrogen) atoms. The maximum absolute atomic E-state index is 13.1. The molecule has 1 fully saturated rings. The third-order valence-electron chi connectivity index (χ3n) is 5.02. The first kappa shape index (κ1) is 18.7. The smallest absolute Gasteiger partial charge is 0.416 e. The number of hydrogen-bond donors (Lipinski definition) is 0. The SMILES string of the molecule is CC(c1cccc(C(F)(F)F)c1)N(Cc1nnc(-c2ccccc2)o1)C1CC1. The first-order valence-corrected chi connectivity index (χ1v) is 9.22. The third-order valence-corrected chi connectivity index (χ3v) is 5.02. The molecule has 0 aliphatic heterocycles. The van der Waals surface area contributed by atoms with Gasteiger partial charge in [-0.25, -0.2) is 0 Å². The van der Waals surface area contributed by atoms with Gasteiger partial charge in [-0.3, -0.25) is 4.90 Å². The van der Waals surface area contributed by atoms with Gasteiger partial charge in [-0.2, -0.15) is 13.2 Å². The topological polar surface area (TPSA) is 42.2 Å². The molecule has 1 aliphatic carbocycles. The number of hydrogen-bond acceptors (Lipinski definition) is 4. The van der Waals surface area contributed by atoms with Gasteiger partial charge in [0, 0.05) is 17.6 Å². The van der Waals surface area contributed by atoms with Gasteiger partial charge in [0.25, 0.3) is 0 Å². The quantitative estimate of drug-likeness (QED) is 0.562. The van der Waals surface area contributed by atoms with Gasteiger partial charge in [0.05, 0.1) is 12.1 Å². The van der Waals surface area contributed by atoms with Gasteiger partial charge in [0.15, 0.2) is 0 Å². The second-order valence-electron chi connectivity index (χ2n) is 7.07. The summed E-state index contributed by atoms with van der Waals surface area (Å²) in [4.78, 5) is 2.14. The summed E-state index contributed by atoms with van der Waals surface area (Å²) in [6.45, 7) is 2.32. The van der Waals surface area contributed by atoms with E-state index in [0.29, 0.717) is 29.9 Å². The van der Waals surface area contributed by atoms with E-state index in [2.05, 4.69) is 15.1 Å². The molecule has 0 saturated heterocycles. The van der Waals surface area contributed by atoms with Crippen molar-refractivity contribution in [2.24, 2.45) is 0 Å². The second-order valence-corrected chi connectivity index (χ2v) is 7.07. The lowest BCUT2D eigenvalue weighted by molar-refractivity contribution is -0.137. The monoisotopic (exact) mass is 387 g/mol. The van der Waals surface area contributed by atoms with Crippen molar-refractivity contribution in [2.75, 3.05) is 0 Å². The van der Waals surface area contributed by atoms with Crippen molar-refractivity contribution < 1.29 is 17.6 Å². The van der Waals surface area contributed by atoms with Crippen molar-refractivity contribution in [1.29, 1.82) is 0 Å². The van der Waals surface area contributed by atoms with Crippen LogP contribution in [0.5, 0.6) is 0 Å². The highest BCUT2D eigenvalue weighted by atomic mass is 19.4. The largest absolute Gasteiger partial charge is 0.419 e. The van der Waals surface area contributed by atoms with Gasteiger partial charge in [-0.1, -0.05) is 30.3 Å². The molecule has 0 radical (unpaired) electrons. The molecule has 1 atom stereocenters. The fourth-order valence-corrected chi connectivity index (χ4v) is 3.33. The van der Waals surface area contributed by atoms with Gasteiger partial charge in [0.1, 0.15) is 0 Å². The Hall–Kier alpha value is -2.67. The van der Waals surface area contributed by atoms with Crippen molar-refractivity contribution in [1.82, 2.24) is 15.1 Å². The van der Waals surface area contributed by atoms with Crippen LogP contribution in [0, 0.1) is 0 Å². The van der Waals surface area contributed by atoms with Gasteiger partial charge in [-0.15, -0.1) is 10.2 Å². The number of alkyl halides is 3. The highest BCUT2D eigenvalue weighted by molar-refractivity contribution is 5.51. The van der Waals surface area contributed by atoms with Crippen molar-refractivity contribution in [3.8, 4) is 11.5 Å². The molecule has 1 aliphatic rings. The average molecular weight is 387 g/mol. The zero-order chi connectivity index (χ0) is 19.7. The molecule has 7 heteroatoms. The zero-order valence-corrected chi connectivity index (χ0v) is 15.4. The van der Waals surface area contributed by atoms with Crippen molar-refractivity contribution in [2.45, 2.75) is 44.6 Å². The first-order valence-electron chi connectivity index (χ1n) is 9.22. The Bertz CT molecular complexity index is 935. The summed E-state index contributed by atoms with van der Waals surface area (Å²) in [6, 6.07) is 15.1. The second kappa shape index (κ2) is 7.39. The molecule has 0 amide bonds. The molecule has 0 spiro atoms. The number of rotatable bonds is 6. The lowest BCUT2D eigenvalue weighted by Crippen LogP contribution is -2.29. The third kappa shape index (κ3) is 4.09. The van der Waals surface area contributed by atoms with Crippen LogP contribution >= 0.6 is 0 Å². The number of benzene rings is 2. The molecular weight excluding hydrogens is 367 g/mol. The van der Waals surface area contributed by atoms with Crippen LogP contribution in [0.4, 0.5) is 13.2 Å². The zero-order valence-electron chi connectivity index (χ0n) is 15.4. The molecule has 1 heterocycles. The minimum absolute atomic E-state index is 0.193. The molecule has 146 valence electrons. The minimum atomic E-state index is -4.35. The Labute approximate surface area is 161 Å². The summed E-state index contributed by atoms with van der Waals surface area (Å²) < 4.78 is 45.0. The predicted octanol–water partition coefficient (Wildman–Crippen LogP) is 5.48. The molecule has 4 nitrogen and oxygen atoms in total. The Balaban J connectivity index is 1.55. The Kier molecular flexibility index (Phi) is 4.93. The van der Waals surface area contributed by atoms with E-state index in [1.54, 1.807) is 6.07 Å². The van der Waals surface area contributed by atoms with E-state index in [4.69, 9.17) is 4.42 Å². The predicted molar refractivity (Wildman–Crippen MR) is 98.2 cm³/mol. The number of halogens is 3. The first-order chi connectivity index (χ1) is 13.4. The lowest BCUT2D eigenvalue weighted by atomic mass is 10.0. The molecular formula is C21H20F3N3O. The van der Waals surface area contributed by atoms with Crippen molar-refractivity contribution >= 4 is 0 Å². The Morgan fingerprint density at radius 1 is 1.07 bits per heavy atom. The molecule has 0 N–H and O–H groups in total. The van der Waals surface area contributed by atoms with Gasteiger partial charge >= 0.3 is 6.18 Å². The van der Waals surface area contributed by atoms with E-state index in [-0.39, 0.29) is 6.04 Å². The van der Waals surface area contributed by atoms with Gasteiger partial charge in [-0.05, 0) is 49.6 Å². The van der Waals surface area contributed by atoms with Crippen LogP contribution in [-0.4, -0.2) is 21.1 Å². The number of aromatic nitrogens is 2. The summed E-state index contributed by atoms with van der Waals surface area (Å²) in [7, 11) is 0. The van der Waals surface area contributed by atoms with Gasteiger partial charge < -0.3 is 4.42 Å². The maximum Gasteiger partial charge on any atom is 0.416 e. The fraction of sp³-hybridized carbons (Fsp3) is 0.333. The Morgan fingerprint density at radius 2 is 1.82 bits per heavy atom. The van der Waals surface area contributed by atoms with E-state index in [1.807, 2.05) is 37.3 Å². The van der Waals surface area contributed by atoms with Crippen molar-refractivity contribution in [3.05, 3.63) is 71.6 Å². The molecule has 1 aromatic heterocycles. The summed E-state index contributed by atoms with van der Waals surface area (Å²) >= 11 is 0. The summed E-state index contributed by atoms with van der Waals surface area (Å²) in [6.07, 6.45) is -2.32. The maximum atomic E-state index is 13.1. The average Bonchev–Trinajstić information content (AvgIpc) is 3.43. The standard InChI is InChI=1S/C21H20F3N3O/c1-14(16-8-5-9-17(12-16)21(22,23)24)27(18-10-11-18)13-19-25-26-20(28-19)15-6-3-2-4-7-15/h2-9,12,14,18H,10-11,13H2,1H3. The van der Waals surface area contributed by atoms with Crippen LogP contribution in [0.3, 0.4) is 0 Å². The van der Waals surface area contributed by atoms with Crippen LogP contribution in [0.15, 0.2) is 59.0 Å². The highest BCUT2D eigenvalue weighted by Gasteiger charge is 2.35. The molecule has 2 aromatic carbocycles. The van der Waals surface area contributed by atoms with Crippen LogP contribution in [-0.2, 0) is 12.7 Å². The van der Waals surface area contributed by atoms with E-state index in [0.717, 1.165) is 24.5 Å². The van der Waals surface area contributed by atoms with E-state index in [9.17, 15) is 13.2 Å². The number of nitrogens with zero attached hydrogens (tertiary/aromatic N) is 3. The van der Waals surface area contributed by atoms with E-state index < -0.39 is 11.7 Å². The molecule has 4 rings (SSSR count). The lowest BCUT2D eigenvalue weighted by Gasteiger charge is -2.28. The van der Waals surface area contributed by atoms with Crippen LogP contribution in [0.2, 0.25) is 0 Å². The van der Waals surface area contributed by atoms with Gasteiger partial charge in [0.2, 0.25) is 11.8 Å². The minimum Gasteiger partial charge on any atom is -0.419 e. The molecule has 1 saturated carbocycles. The molecule has 0 bridgehead atoms. The van der Waals surface area contributed by atoms with Crippen LogP contribution in [0.1, 0.15) is 42.8 Å². The summed E-state index contributed by atoms with van der Waals surface area (Å²) in [5.41, 5.74) is 0.839.